The number of allylic oxidation sites excluding steroid dienone is 2. The van der Waals surface area contributed by atoms with Gasteiger partial charge in [-0.2, -0.15) is 15.8 Å². The van der Waals surface area contributed by atoms with Crippen LogP contribution in [0.2, 0.25) is 0 Å². The highest BCUT2D eigenvalue weighted by molar-refractivity contribution is 7.98. The van der Waals surface area contributed by atoms with Gasteiger partial charge in [0.05, 0.1) is 23.4 Å². The number of nitrogens with two attached hydrogens (primary N) is 1. The van der Waals surface area contributed by atoms with Gasteiger partial charge in [0.1, 0.15) is 6.07 Å². The SMILES string of the molecule is CCCN1CC=C2C(C#N)=C(N)C(C#N)(C#N)[C@H](c3cccc(SC)c3)[C@H]2C1.CCO.Cl. The molecule has 3 N–H and O–H groups in total. The molecule has 0 aromatic heterocycles. The molecular weight excluding hydrogens is 442 g/mol. The van der Waals surface area contributed by atoms with E-state index in [9.17, 15) is 15.8 Å². The lowest BCUT2D eigenvalue weighted by Gasteiger charge is -2.45. The van der Waals surface area contributed by atoms with Crippen LogP contribution in [0.25, 0.3) is 0 Å². The molecule has 0 radical (unpaired) electrons. The minimum absolute atomic E-state index is 0. The number of aliphatic hydroxyl groups excluding tert-OH is 1. The third kappa shape index (κ3) is 5.12. The van der Waals surface area contributed by atoms with Gasteiger partial charge in [-0.1, -0.05) is 25.1 Å². The zero-order valence-corrected chi connectivity index (χ0v) is 20.3. The molecular formula is C24H30ClN5OS. The lowest BCUT2D eigenvalue weighted by atomic mass is 9.58. The highest BCUT2D eigenvalue weighted by Gasteiger charge is 2.54. The van der Waals surface area contributed by atoms with Crippen molar-refractivity contribution in [2.24, 2.45) is 17.1 Å². The number of hydrogen-bond acceptors (Lipinski definition) is 7. The Balaban J connectivity index is 0.00000121. The topological polar surface area (TPSA) is 121 Å². The summed E-state index contributed by atoms with van der Waals surface area (Å²) in [4.78, 5) is 3.39. The van der Waals surface area contributed by atoms with E-state index in [0.29, 0.717) is 12.1 Å². The first-order chi connectivity index (χ1) is 15.0. The molecule has 8 heteroatoms. The summed E-state index contributed by atoms with van der Waals surface area (Å²) in [7, 11) is 0. The second-order valence-corrected chi connectivity index (χ2v) is 8.41. The van der Waals surface area contributed by atoms with E-state index in [2.05, 4.69) is 36.1 Å². The maximum Gasteiger partial charge on any atom is 0.191 e. The predicted octanol–water partition coefficient (Wildman–Crippen LogP) is 3.96. The van der Waals surface area contributed by atoms with Gasteiger partial charge >= 0.3 is 0 Å². The lowest BCUT2D eigenvalue weighted by Crippen LogP contribution is -2.48. The van der Waals surface area contributed by atoms with Gasteiger partial charge in [-0.25, -0.2) is 0 Å². The minimum atomic E-state index is -1.56. The van der Waals surface area contributed by atoms with Gasteiger partial charge in [-0.05, 0) is 49.4 Å². The second-order valence-electron chi connectivity index (χ2n) is 7.53. The zero-order chi connectivity index (χ0) is 23.0. The molecule has 1 aliphatic carbocycles. The monoisotopic (exact) mass is 471 g/mol. The molecule has 0 bridgehead atoms. The van der Waals surface area contributed by atoms with Crippen LogP contribution in [-0.2, 0) is 0 Å². The summed E-state index contributed by atoms with van der Waals surface area (Å²) in [5.41, 5.74) is 6.98. The molecule has 0 amide bonds. The second kappa shape index (κ2) is 12.5. The van der Waals surface area contributed by atoms with Crippen molar-refractivity contribution in [3.8, 4) is 18.2 Å². The van der Waals surface area contributed by atoms with Crippen molar-refractivity contribution < 1.29 is 5.11 Å². The number of thioether (sulfide) groups is 1. The highest BCUT2D eigenvalue weighted by Crippen LogP contribution is 2.54. The summed E-state index contributed by atoms with van der Waals surface area (Å²) < 4.78 is 0. The zero-order valence-electron chi connectivity index (χ0n) is 18.7. The van der Waals surface area contributed by atoms with Gasteiger partial charge in [0, 0.05) is 36.4 Å². The highest BCUT2D eigenvalue weighted by atomic mass is 35.5. The quantitative estimate of drug-likeness (QED) is 0.637. The smallest absolute Gasteiger partial charge is 0.191 e. The van der Waals surface area contributed by atoms with Crippen molar-refractivity contribution in [3.05, 3.63) is 52.7 Å². The van der Waals surface area contributed by atoms with Crippen LogP contribution in [0.5, 0.6) is 0 Å². The van der Waals surface area contributed by atoms with Crippen LogP contribution in [0.15, 0.2) is 52.1 Å². The lowest BCUT2D eigenvalue weighted by molar-refractivity contribution is 0.207. The Bertz CT molecular complexity index is 971. The van der Waals surface area contributed by atoms with Crippen LogP contribution in [0, 0.1) is 45.3 Å². The van der Waals surface area contributed by atoms with Crippen molar-refractivity contribution in [1.82, 2.24) is 4.90 Å². The summed E-state index contributed by atoms with van der Waals surface area (Å²) in [6.07, 6.45) is 5.07. The van der Waals surface area contributed by atoms with Gasteiger partial charge in [-0.3, -0.25) is 4.90 Å². The summed E-state index contributed by atoms with van der Waals surface area (Å²) in [5.74, 6) is -0.545. The van der Waals surface area contributed by atoms with Crippen molar-refractivity contribution in [1.29, 1.82) is 15.8 Å². The average molecular weight is 472 g/mol. The number of nitriles is 3. The number of benzene rings is 1. The van der Waals surface area contributed by atoms with Crippen molar-refractivity contribution in [2.45, 2.75) is 31.1 Å². The summed E-state index contributed by atoms with van der Waals surface area (Å²) in [6, 6.07) is 14.6. The molecule has 1 aliphatic heterocycles. The minimum Gasteiger partial charge on any atom is -0.399 e. The van der Waals surface area contributed by atoms with Crippen LogP contribution in [0.4, 0.5) is 0 Å². The fourth-order valence-electron chi connectivity index (χ4n) is 4.45. The normalized spacial score (nSPS) is 21.3. The van der Waals surface area contributed by atoms with E-state index >= 15 is 0 Å². The average Bonchev–Trinajstić information content (AvgIpc) is 2.79. The molecule has 2 atom stereocenters. The van der Waals surface area contributed by atoms with Gasteiger partial charge in [0.15, 0.2) is 5.41 Å². The summed E-state index contributed by atoms with van der Waals surface area (Å²) >= 11 is 1.62. The van der Waals surface area contributed by atoms with Crippen LogP contribution in [-0.4, -0.2) is 42.5 Å². The molecule has 2 aliphatic rings. The Labute approximate surface area is 201 Å². The molecule has 170 valence electrons. The molecule has 0 saturated heterocycles. The van der Waals surface area contributed by atoms with Crippen LogP contribution < -0.4 is 5.73 Å². The summed E-state index contributed by atoms with van der Waals surface area (Å²) in [5, 5.41) is 37.6. The first kappa shape index (κ1) is 27.6. The number of rotatable bonds is 4. The number of fused-ring (bicyclic) bond motifs is 1. The van der Waals surface area contributed by atoms with Gasteiger partial charge in [0.25, 0.3) is 0 Å². The number of aliphatic hydroxyl groups is 1. The molecule has 0 saturated carbocycles. The molecule has 1 heterocycles. The molecule has 1 aromatic rings. The standard InChI is InChI=1S/C22H23N5S.C2H6O.ClH/c1-3-8-27-9-7-17-18(11-23)21(26)22(13-24,14-25)20(19(17)12-27)15-5-4-6-16(10-15)28-2;1-2-3;/h4-7,10,19-20H,3,8-9,12,26H2,1-2H3;3H,2H2,1H3;1H/t19-,20+;;/m0../s1. The molecule has 1 aromatic carbocycles. The Morgan fingerprint density at radius 1 is 1.25 bits per heavy atom. The Hall–Kier alpha value is -2.47. The third-order valence-corrected chi connectivity index (χ3v) is 6.46. The van der Waals surface area contributed by atoms with E-state index in [1.165, 1.54) is 0 Å². The Morgan fingerprint density at radius 3 is 2.44 bits per heavy atom. The van der Waals surface area contributed by atoms with Crippen molar-refractivity contribution >= 4 is 24.2 Å². The van der Waals surface area contributed by atoms with Crippen LogP contribution >= 0.6 is 24.2 Å². The largest absolute Gasteiger partial charge is 0.399 e. The molecule has 0 fully saturated rings. The fraction of sp³-hybridized carbons (Fsp3) is 0.458. The van der Waals surface area contributed by atoms with E-state index in [4.69, 9.17) is 10.8 Å². The van der Waals surface area contributed by atoms with E-state index in [-0.39, 0.29) is 30.6 Å². The van der Waals surface area contributed by atoms with Gasteiger partial charge in [0.2, 0.25) is 0 Å². The maximum atomic E-state index is 10.1. The third-order valence-electron chi connectivity index (χ3n) is 5.73. The van der Waals surface area contributed by atoms with Crippen LogP contribution in [0.1, 0.15) is 31.7 Å². The van der Waals surface area contributed by atoms with E-state index in [1.807, 2.05) is 30.5 Å². The fourth-order valence-corrected chi connectivity index (χ4v) is 4.92. The van der Waals surface area contributed by atoms with Gasteiger partial charge < -0.3 is 10.8 Å². The molecule has 0 spiro atoms. The van der Waals surface area contributed by atoms with Crippen molar-refractivity contribution in [3.63, 3.8) is 0 Å². The number of halogens is 1. The number of hydrogen-bond donors (Lipinski definition) is 2. The first-order valence-electron chi connectivity index (χ1n) is 10.4. The predicted molar refractivity (Wildman–Crippen MR) is 130 cm³/mol. The van der Waals surface area contributed by atoms with E-state index < -0.39 is 11.3 Å². The Morgan fingerprint density at radius 2 is 1.91 bits per heavy atom. The number of nitrogens with zero attached hydrogens (tertiary/aromatic N) is 4. The Kier molecular flexibility index (Phi) is 10.8. The van der Waals surface area contributed by atoms with Gasteiger partial charge in [-0.15, -0.1) is 24.2 Å². The van der Waals surface area contributed by atoms with E-state index in [1.54, 1.807) is 18.7 Å². The van der Waals surface area contributed by atoms with Crippen LogP contribution in [0.3, 0.4) is 0 Å². The molecule has 32 heavy (non-hydrogen) atoms. The molecule has 3 rings (SSSR count). The first-order valence-corrected chi connectivity index (χ1v) is 11.6. The summed E-state index contributed by atoms with van der Waals surface area (Å²) in [6.45, 7) is 6.46. The van der Waals surface area contributed by atoms with Crippen molar-refractivity contribution in [2.75, 3.05) is 32.5 Å². The molecule has 0 unspecified atom stereocenters. The molecule has 6 nitrogen and oxygen atoms in total. The maximum absolute atomic E-state index is 10.1. The van der Waals surface area contributed by atoms with E-state index in [0.717, 1.165) is 35.5 Å².